The first-order valence-corrected chi connectivity index (χ1v) is 5.96. The number of halogens is 1. The lowest BCUT2D eigenvalue weighted by molar-refractivity contribution is 0.689. The van der Waals surface area contributed by atoms with E-state index in [1.54, 1.807) is 6.33 Å². The molecular weight excluding hydrogens is 256 g/mol. The second-order valence-electron chi connectivity index (χ2n) is 3.91. The summed E-state index contributed by atoms with van der Waals surface area (Å²) in [5.41, 5.74) is 0. The molecule has 1 aromatic heterocycles. The number of rotatable bonds is 4. The van der Waals surface area contributed by atoms with Crippen molar-refractivity contribution in [3.63, 3.8) is 0 Å². The Morgan fingerprint density at radius 2 is 2.07 bits per heavy atom. The van der Waals surface area contributed by atoms with Crippen LogP contribution in [0.5, 0.6) is 0 Å². The molecule has 2 N–H and O–H groups in total. The number of aromatic nitrogens is 2. The summed E-state index contributed by atoms with van der Waals surface area (Å²) in [4.78, 5) is 8.34. The molecule has 0 aromatic carbocycles. The van der Waals surface area contributed by atoms with Crippen molar-refractivity contribution >= 4 is 27.6 Å². The van der Waals surface area contributed by atoms with Crippen molar-refractivity contribution in [1.29, 1.82) is 0 Å². The largest absolute Gasteiger partial charge is 0.372 e. The first-order valence-electron chi connectivity index (χ1n) is 5.17. The Labute approximate surface area is 98.0 Å². The van der Waals surface area contributed by atoms with Crippen molar-refractivity contribution in [2.75, 3.05) is 17.7 Å². The minimum absolute atomic E-state index is 0.487. The van der Waals surface area contributed by atoms with E-state index >= 15 is 0 Å². The molecule has 15 heavy (non-hydrogen) atoms. The zero-order valence-electron chi connectivity index (χ0n) is 8.92. The van der Waals surface area contributed by atoms with E-state index < -0.39 is 0 Å². The first kappa shape index (κ1) is 10.7. The highest BCUT2D eigenvalue weighted by atomic mass is 79.9. The molecule has 1 aliphatic rings. The Bertz CT molecular complexity index is 351. The van der Waals surface area contributed by atoms with Crippen molar-refractivity contribution in [1.82, 2.24) is 9.97 Å². The molecular formula is C10H15BrN4. The van der Waals surface area contributed by atoms with Gasteiger partial charge in [-0.15, -0.1) is 0 Å². The standard InChI is InChI=1S/C10H15BrN4/c1-6(7-3-4-7)15-10-8(11)9(12-2)13-5-14-10/h5-7H,3-4H2,1-2H3,(H2,12,13,14,15). The second kappa shape index (κ2) is 4.35. The van der Waals surface area contributed by atoms with Crippen LogP contribution in [0.25, 0.3) is 0 Å². The van der Waals surface area contributed by atoms with E-state index in [9.17, 15) is 0 Å². The van der Waals surface area contributed by atoms with Crippen molar-refractivity contribution < 1.29 is 0 Å². The van der Waals surface area contributed by atoms with E-state index in [1.807, 2.05) is 7.05 Å². The van der Waals surface area contributed by atoms with E-state index in [1.165, 1.54) is 12.8 Å². The van der Waals surface area contributed by atoms with Crippen LogP contribution in [0.4, 0.5) is 11.6 Å². The van der Waals surface area contributed by atoms with Gasteiger partial charge in [-0.3, -0.25) is 0 Å². The van der Waals surface area contributed by atoms with E-state index in [2.05, 4.69) is 43.5 Å². The Morgan fingerprint density at radius 1 is 1.40 bits per heavy atom. The molecule has 1 aromatic rings. The number of nitrogens with one attached hydrogen (secondary N) is 2. The third-order valence-corrected chi connectivity index (χ3v) is 3.47. The molecule has 0 bridgehead atoms. The van der Waals surface area contributed by atoms with Gasteiger partial charge in [-0.1, -0.05) is 0 Å². The van der Waals surface area contributed by atoms with Crippen LogP contribution in [-0.2, 0) is 0 Å². The van der Waals surface area contributed by atoms with Crippen LogP contribution in [0.1, 0.15) is 19.8 Å². The lowest BCUT2D eigenvalue weighted by Gasteiger charge is -2.15. The maximum absolute atomic E-state index is 4.23. The van der Waals surface area contributed by atoms with Crippen molar-refractivity contribution in [3.05, 3.63) is 10.8 Å². The average molecular weight is 271 g/mol. The summed E-state index contributed by atoms with van der Waals surface area (Å²) >= 11 is 3.49. The van der Waals surface area contributed by atoms with Gasteiger partial charge in [0.25, 0.3) is 0 Å². The maximum atomic E-state index is 4.23. The molecule has 1 saturated carbocycles. The summed E-state index contributed by atoms with van der Waals surface area (Å²) in [5.74, 6) is 2.49. The Kier molecular flexibility index (Phi) is 3.09. The summed E-state index contributed by atoms with van der Waals surface area (Å²) in [6.45, 7) is 2.20. The van der Waals surface area contributed by atoms with Gasteiger partial charge in [-0.25, -0.2) is 9.97 Å². The van der Waals surface area contributed by atoms with Gasteiger partial charge in [0, 0.05) is 13.1 Å². The van der Waals surface area contributed by atoms with Gasteiger partial charge in [0.1, 0.15) is 22.4 Å². The average Bonchev–Trinajstić information content (AvgIpc) is 3.04. The molecule has 1 atom stereocenters. The van der Waals surface area contributed by atoms with Crippen molar-refractivity contribution in [2.45, 2.75) is 25.8 Å². The van der Waals surface area contributed by atoms with Gasteiger partial charge < -0.3 is 10.6 Å². The highest BCUT2D eigenvalue weighted by molar-refractivity contribution is 9.10. The summed E-state index contributed by atoms with van der Waals surface area (Å²) in [6.07, 6.45) is 4.23. The van der Waals surface area contributed by atoms with Crippen LogP contribution in [0.15, 0.2) is 10.8 Å². The van der Waals surface area contributed by atoms with Gasteiger partial charge >= 0.3 is 0 Å². The molecule has 5 heteroatoms. The molecule has 0 radical (unpaired) electrons. The molecule has 0 saturated heterocycles. The summed E-state index contributed by atoms with van der Waals surface area (Å²) < 4.78 is 0.903. The Hall–Kier alpha value is -0.840. The molecule has 4 nitrogen and oxygen atoms in total. The fraction of sp³-hybridized carbons (Fsp3) is 0.600. The molecule has 1 aliphatic carbocycles. The third kappa shape index (κ3) is 2.40. The van der Waals surface area contributed by atoms with Crippen molar-refractivity contribution in [3.8, 4) is 0 Å². The number of anilines is 2. The van der Waals surface area contributed by atoms with Gasteiger partial charge in [-0.2, -0.15) is 0 Å². The number of hydrogen-bond donors (Lipinski definition) is 2. The third-order valence-electron chi connectivity index (χ3n) is 2.72. The Balaban J connectivity index is 2.12. The number of hydrogen-bond acceptors (Lipinski definition) is 4. The van der Waals surface area contributed by atoms with Crippen LogP contribution in [-0.4, -0.2) is 23.1 Å². The van der Waals surface area contributed by atoms with Crippen LogP contribution in [0.3, 0.4) is 0 Å². The minimum Gasteiger partial charge on any atom is -0.372 e. The normalized spacial score (nSPS) is 17.3. The molecule has 1 unspecified atom stereocenters. The van der Waals surface area contributed by atoms with E-state index in [4.69, 9.17) is 0 Å². The van der Waals surface area contributed by atoms with E-state index in [-0.39, 0.29) is 0 Å². The molecule has 0 aliphatic heterocycles. The number of nitrogens with zero attached hydrogens (tertiary/aromatic N) is 2. The summed E-state index contributed by atoms with van der Waals surface area (Å²) in [7, 11) is 1.85. The highest BCUT2D eigenvalue weighted by Gasteiger charge is 2.28. The monoisotopic (exact) mass is 270 g/mol. The summed E-state index contributed by atoms with van der Waals surface area (Å²) in [5, 5.41) is 6.42. The van der Waals surface area contributed by atoms with Gasteiger partial charge in [-0.05, 0) is 41.6 Å². The van der Waals surface area contributed by atoms with E-state index in [0.717, 1.165) is 22.0 Å². The SMILES string of the molecule is CNc1ncnc(NC(C)C2CC2)c1Br. The molecule has 0 spiro atoms. The van der Waals surface area contributed by atoms with E-state index in [0.29, 0.717) is 6.04 Å². The quantitative estimate of drug-likeness (QED) is 0.883. The fourth-order valence-electron chi connectivity index (χ4n) is 1.57. The topological polar surface area (TPSA) is 49.8 Å². The van der Waals surface area contributed by atoms with Crippen LogP contribution in [0, 0.1) is 5.92 Å². The predicted molar refractivity (Wildman–Crippen MR) is 65.1 cm³/mol. The smallest absolute Gasteiger partial charge is 0.146 e. The molecule has 1 heterocycles. The van der Waals surface area contributed by atoms with Crippen molar-refractivity contribution in [2.24, 2.45) is 5.92 Å². The van der Waals surface area contributed by atoms with Crippen LogP contribution < -0.4 is 10.6 Å². The highest BCUT2D eigenvalue weighted by Crippen LogP contribution is 2.35. The van der Waals surface area contributed by atoms with Crippen LogP contribution >= 0.6 is 15.9 Å². The second-order valence-corrected chi connectivity index (χ2v) is 4.70. The zero-order chi connectivity index (χ0) is 10.8. The molecule has 1 fully saturated rings. The van der Waals surface area contributed by atoms with Gasteiger partial charge in [0.2, 0.25) is 0 Å². The lowest BCUT2D eigenvalue weighted by atomic mass is 10.2. The minimum atomic E-state index is 0.487. The summed E-state index contributed by atoms with van der Waals surface area (Å²) in [6, 6.07) is 0.487. The predicted octanol–water partition coefficient (Wildman–Crippen LogP) is 2.49. The first-order chi connectivity index (χ1) is 7.22. The fourth-order valence-corrected chi connectivity index (χ4v) is 2.09. The van der Waals surface area contributed by atoms with Gasteiger partial charge in [0.05, 0.1) is 0 Å². The molecule has 2 rings (SSSR count). The maximum Gasteiger partial charge on any atom is 0.146 e. The Morgan fingerprint density at radius 3 is 2.67 bits per heavy atom. The zero-order valence-corrected chi connectivity index (χ0v) is 10.5. The van der Waals surface area contributed by atoms with Crippen LogP contribution in [0.2, 0.25) is 0 Å². The molecule has 0 amide bonds. The van der Waals surface area contributed by atoms with Gasteiger partial charge in [0.15, 0.2) is 0 Å². The lowest BCUT2D eigenvalue weighted by Crippen LogP contribution is -2.18. The molecule has 82 valence electrons.